The Morgan fingerprint density at radius 1 is 1.47 bits per heavy atom. The van der Waals surface area contributed by atoms with Gasteiger partial charge in [0.25, 0.3) is 5.70 Å². The molecular formula is C15H22N2O2. The third kappa shape index (κ3) is 4.78. The number of unbranched alkanes of at least 4 members (excludes halogenated alkanes) is 1. The summed E-state index contributed by atoms with van der Waals surface area (Å²) in [6.45, 7) is 12.2. The standard InChI is InChI=1S/C15H22N2O2/c1-4-6-10-17-13-9-7-8-12(13)11-14(16-3)15(18)19-5-2/h11,17H,4-10H2,1-2H3. The van der Waals surface area contributed by atoms with Crippen LogP contribution >= 0.6 is 0 Å². The number of hydrogen-bond acceptors (Lipinski definition) is 3. The fourth-order valence-corrected chi connectivity index (χ4v) is 2.05. The molecule has 0 aromatic heterocycles. The summed E-state index contributed by atoms with van der Waals surface area (Å²) < 4.78 is 4.88. The second kappa shape index (κ2) is 8.36. The molecular weight excluding hydrogens is 240 g/mol. The molecule has 1 aliphatic rings. The number of esters is 1. The molecule has 19 heavy (non-hydrogen) atoms. The minimum atomic E-state index is -0.523. The molecule has 4 nitrogen and oxygen atoms in total. The highest BCUT2D eigenvalue weighted by Crippen LogP contribution is 2.26. The predicted octanol–water partition coefficient (Wildman–Crippen LogP) is 3.18. The van der Waals surface area contributed by atoms with Crippen LogP contribution in [-0.4, -0.2) is 19.1 Å². The first-order valence-electron chi connectivity index (χ1n) is 6.95. The lowest BCUT2D eigenvalue weighted by atomic mass is 10.2. The van der Waals surface area contributed by atoms with Crippen LogP contribution < -0.4 is 5.32 Å². The summed E-state index contributed by atoms with van der Waals surface area (Å²) in [4.78, 5) is 14.9. The largest absolute Gasteiger partial charge is 0.471 e. The van der Waals surface area contributed by atoms with Gasteiger partial charge in [0.15, 0.2) is 0 Å². The number of nitrogens with zero attached hydrogens (tertiary/aromatic N) is 1. The first kappa shape index (κ1) is 15.3. The van der Waals surface area contributed by atoms with Gasteiger partial charge in [-0.2, -0.15) is 0 Å². The number of nitrogens with one attached hydrogen (secondary N) is 1. The normalized spacial score (nSPS) is 15.3. The van der Waals surface area contributed by atoms with Crippen LogP contribution in [0.1, 0.15) is 46.0 Å². The van der Waals surface area contributed by atoms with Gasteiger partial charge in [0.1, 0.15) is 0 Å². The minimum Gasteiger partial charge on any atom is -0.471 e. The summed E-state index contributed by atoms with van der Waals surface area (Å²) in [6, 6.07) is 0. The molecule has 0 fully saturated rings. The van der Waals surface area contributed by atoms with Gasteiger partial charge < -0.3 is 10.1 Å². The predicted molar refractivity (Wildman–Crippen MR) is 75.1 cm³/mol. The van der Waals surface area contributed by atoms with Gasteiger partial charge in [-0.1, -0.05) is 13.3 Å². The van der Waals surface area contributed by atoms with Crippen molar-refractivity contribution in [2.24, 2.45) is 0 Å². The molecule has 1 aliphatic carbocycles. The van der Waals surface area contributed by atoms with Gasteiger partial charge in [-0.15, -0.1) is 0 Å². The van der Waals surface area contributed by atoms with Crippen molar-refractivity contribution in [1.29, 1.82) is 0 Å². The number of rotatable bonds is 7. The van der Waals surface area contributed by atoms with E-state index >= 15 is 0 Å². The highest BCUT2D eigenvalue weighted by molar-refractivity contribution is 5.91. The van der Waals surface area contributed by atoms with E-state index in [2.05, 4.69) is 17.1 Å². The summed E-state index contributed by atoms with van der Waals surface area (Å²) in [5, 5.41) is 3.41. The maximum Gasteiger partial charge on any atom is 0.336 e. The molecule has 4 heteroatoms. The Kier molecular flexibility index (Phi) is 6.73. The molecule has 0 aromatic rings. The van der Waals surface area contributed by atoms with Crippen molar-refractivity contribution in [1.82, 2.24) is 5.32 Å². The Morgan fingerprint density at radius 2 is 2.26 bits per heavy atom. The Hall–Kier alpha value is -1.76. The van der Waals surface area contributed by atoms with Gasteiger partial charge in [0.05, 0.1) is 13.2 Å². The number of ether oxygens (including phenoxy) is 1. The van der Waals surface area contributed by atoms with Crippen molar-refractivity contribution in [2.45, 2.75) is 46.0 Å². The van der Waals surface area contributed by atoms with Crippen LogP contribution in [0.4, 0.5) is 0 Å². The van der Waals surface area contributed by atoms with E-state index in [-0.39, 0.29) is 5.70 Å². The average molecular weight is 262 g/mol. The van der Waals surface area contributed by atoms with E-state index in [1.165, 1.54) is 5.70 Å². The molecule has 0 atom stereocenters. The summed E-state index contributed by atoms with van der Waals surface area (Å²) >= 11 is 0. The minimum absolute atomic E-state index is 0.0774. The zero-order chi connectivity index (χ0) is 14.1. The van der Waals surface area contributed by atoms with Crippen LogP contribution in [0.25, 0.3) is 4.85 Å². The van der Waals surface area contributed by atoms with Gasteiger partial charge in [0, 0.05) is 12.2 Å². The highest BCUT2D eigenvalue weighted by atomic mass is 16.5. The Balaban J connectivity index is 2.77. The molecule has 1 N–H and O–H groups in total. The monoisotopic (exact) mass is 262 g/mol. The number of allylic oxidation sites excluding steroid dienone is 3. The smallest absolute Gasteiger partial charge is 0.336 e. The quantitative estimate of drug-likeness (QED) is 0.331. The third-order valence-electron chi connectivity index (χ3n) is 3.05. The lowest BCUT2D eigenvalue weighted by molar-refractivity contribution is -0.138. The first-order valence-corrected chi connectivity index (χ1v) is 6.95. The summed E-state index contributed by atoms with van der Waals surface area (Å²) in [5.74, 6) is -0.523. The molecule has 0 aromatic carbocycles. The average Bonchev–Trinajstić information content (AvgIpc) is 2.84. The summed E-state index contributed by atoms with van der Waals surface area (Å²) in [5.41, 5.74) is 2.34. The maximum absolute atomic E-state index is 11.6. The van der Waals surface area contributed by atoms with E-state index in [0.29, 0.717) is 6.61 Å². The van der Waals surface area contributed by atoms with Crippen LogP contribution in [0.5, 0.6) is 0 Å². The molecule has 0 radical (unpaired) electrons. The Morgan fingerprint density at radius 3 is 2.89 bits per heavy atom. The summed E-state index contributed by atoms with van der Waals surface area (Å²) in [7, 11) is 0. The van der Waals surface area contributed by atoms with Crippen molar-refractivity contribution in [3.05, 3.63) is 34.5 Å². The molecule has 0 bridgehead atoms. The van der Waals surface area contributed by atoms with Crippen LogP contribution in [0, 0.1) is 6.57 Å². The Bertz CT molecular complexity index is 416. The third-order valence-corrected chi connectivity index (χ3v) is 3.05. The lowest BCUT2D eigenvalue weighted by Crippen LogP contribution is -2.14. The van der Waals surface area contributed by atoms with Crippen molar-refractivity contribution < 1.29 is 9.53 Å². The van der Waals surface area contributed by atoms with E-state index in [1.54, 1.807) is 13.0 Å². The van der Waals surface area contributed by atoms with Crippen molar-refractivity contribution >= 4 is 5.97 Å². The van der Waals surface area contributed by atoms with E-state index in [0.717, 1.165) is 44.2 Å². The topological polar surface area (TPSA) is 42.7 Å². The zero-order valence-corrected chi connectivity index (χ0v) is 11.8. The van der Waals surface area contributed by atoms with Crippen LogP contribution in [0.15, 0.2) is 23.0 Å². The van der Waals surface area contributed by atoms with Gasteiger partial charge in [-0.25, -0.2) is 4.85 Å². The molecule has 104 valence electrons. The maximum atomic E-state index is 11.6. The molecule has 1 rings (SSSR count). The zero-order valence-electron chi connectivity index (χ0n) is 11.8. The second-order valence-corrected chi connectivity index (χ2v) is 4.50. The first-order chi connectivity index (χ1) is 9.22. The number of carbonyl (C=O) groups excluding carboxylic acids is 1. The molecule has 0 heterocycles. The Labute approximate surface area is 115 Å². The SMILES string of the molecule is [C-]#[N+]C(=CC1=C(NCCCC)CCC1)C(=O)OCC. The van der Waals surface area contributed by atoms with Gasteiger partial charge in [0.2, 0.25) is 0 Å². The van der Waals surface area contributed by atoms with Crippen LogP contribution in [0.2, 0.25) is 0 Å². The molecule has 0 unspecified atom stereocenters. The van der Waals surface area contributed by atoms with Crippen molar-refractivity contribution in [3.8, 4) is 0 Å². The van der Waals surface area contributed by atoms with Gasteiger partial charge in [-0.3, -0.25) is 4.79 Å². The van der Waals surface area contributed by atoms with Crippen molar-refractivity contribution in [2.75, 3.05) is 13.2 Å². The molecule has 0 spiro atoms. The van der Waals surface area contributed by atoms with Gasteiger partial charge in [-0.05, 0) is 44.3 Å². The highest BCUT2D eigenvalue weighted by Gasteiger charge is 2.16. The number of carbonyl (C=O) groups is 1. The molecule has 0 amide bonds. The lowest BCUT2D eigenvalue weighted by Gasteiger charge is -2.08. The number of hydrogen-bond donors (Lipinski definition) is 1. The van der Waals surface area contributed by atoms with E-state index in [1.807, 2.05) is 0 Å². The summed E-state index contributed by atoms with van der Waals surface area (Å²) in [6.07, 6.45) is 6.98. The van der Waals surface area contributed by atoms with Crippen LogP contribution in [-0.2, 0) is 9.53 Å². The van der Waals surface area contributed by atoms with E-state index < -0.39 is 5.97 Å². The second-order valence-electron chi connectivity index (χ2n) is 4.50. The fraction of sp³-hybridized carbons (Fsp3) is 0.600. The molecule has 0 saturated heterocycles. The molecule has 0 saturated carbocycles. The van der Waals surface area contributed by atoms with Crippen LogP contribution in [0.3, 0.4) is 0 Å². The van der Waals surface area contributed by atoms with E-state index in [9.17, 15) is 4.79 Å². The van der Waals surface area contributed by atoms with E-state index in [4.69, 9.17) is 11.3 Å². The van der Waals surface area contributed by atoms with Crippen molar-refractivity contribution in [3.63, 3.8) is 0 Å². The molecule has 0 aliphatic heterocycles. The fourth-order valence-electron chi connectivity index (χ4n) is 2.05. The van der Waals surface area contributed by atoms with Gasteiger partial charge >= 0.3 is 5.97 Å².